The summed E-state index contributed by atoms with van der Waals surface area (Å²) in [4.78, 5) is 12.0. The number of rotatable bonds is 9. The molecule has 0 radical (unpaired) electrons. The van der Waals surface area contributed by atoms with E-state index in [2.05, 4.69) is 21.2 Å². The minimum Gasteiger partial charge on any atom is -0.493 e. The second-order valence-electron chi connectivity index (χ2n) is 5.84. The van der Waals surface area contributed by atoms with Gasteiger partial charge in [0.2, 0.25) is 0 Å². The van der Waals surface area contributed by atoms with E-state index in [4.69, 9.17) is 18.9 Å². The number of ether oxygens (including phenoxy) is 4. The van der Waals surface area contributed by atoms with Crippen molar-refractivity contribution in [3.63, 3.8) is 0 Å². The van der Waals surface area contributed by atoms with E-state index in [-0.39, 0.29) is 12.5 Å². The van der Waals surface area contributed by atoms with E-state index in [9.17, 15) is 4.79 Å². The molecule has 2 aromatic carbocycles. The van der Waals surface area contributed by atoms with Crippen molar-refractivity contribution in [3.05, 3.63) is 45.9 Å². The van der Waals surface area contributed by atoms with Gasteiger partial charge in [-0.3, -0.25) is 4.79 Å². The largest absolute Gasteiger partial charge is 0.493 e. The summed E-state index contributed by atoms with van der Waals surface area (Å²) in [5.74, 6) is 2.25. The molecule has 0 aliphatic carbocycles. The van der Waals surface area contributed by atoms with Crippen LogP contribution < -0.4 is 24.3 Å². The second kappa shape index (κ2) is 10.1. The smallest absolute Gasteiger partial charge is 0.257 e. The zero-order valence-corrected chi connectivity index (χ0v) is 17.5. The molecule has 146 valence electrons. The molecule has 0 fully saturated rings. The lowest BCUT2D eigenvalue weighted by Gasteiger charge is -2.13. The van der Waals surface area contributed by atoms with Crippen LogP contribution in [-0.4, -0.2) is 40.4 Å². The van der Waals surface area contributed by atoms with Crippen LogP contribution in [0.4, 0.5) is 0 Å². The first kappa shape index (κ1) is 20.9. The zero-order valence-electron chi connectivity index (χ0n) is 15.9. The number of carbonyl (C=O) groups excluding carboxylic acids is 1. The van der Waals surface area contributed by atoms with Crippen LogP contribution in [0.15, 0.2) is 34.8 Å². The fourth-order valence-electron chi connectivity index (χ4n) is 2.51. The SMILES string of the molecule is COc1cc(Br)c(CCNC(=O)COc2ccc(C)cc2OC)cc1OC. The van der Waals surface area contributed by atoms with Crippen LogP contribution in [0.2, 0.25) is 0 Å². The van der Waals surface area contributed by atoms with Gasteiger partial charge in [-0.2, -0.15) is 0 Å². The average Bonchev–Trinajstić information content (AvgIpc) is 2.67. The summed E-state index contributed by atoms with van der Waals surface area (Å²) in [6.45, 7) is 2.36. The fraction of sp³-hybridized carbons (Fsp3) is 0.350. The van der Waals surface area contributed by atoms with Gasteiger partial charge in [-0.05, 0) is 48.7 Å². The first-order valence-corrected chi connectivity index (χ1v) is 9.22. The quantitative estimate of drug-likeness (QED) is 0.649. The van der Waals surface area contributed by atoms with Crippen molar-refractivity contribution in [3.8, 4) is 23.0 Å². The monoisotopic (exact) mass is 437 g/mol. The van der Waals surface area contributed by atoms with Gasteiger partial charge in [-0.1, -0.05) is 22.0 Å². The van der Waals surface area contributed by atoms with E-state index in [0.717, 1.165) is 15.6 Å². The summed E-state index contributed by atoms with van der Waals surface area (Å²) in [6.07, 6.45) is 0.639. The molecular weight excluding hydrogens is 414 g/mol. The molecule has 2 aromatic rings. The molecular formula is C20H24BrNO5. The highest BCUT2D eigenvalue weighted by Crippen LogP contribution is 2.33. The van der Waals surface area contributed by atoms with Gasteiger partial charge in [0, 0.05) is 11.0 Å². The summed E-state index contributed by atoms with van der Waals surface area (Å²) in [7, 11) is 4.75. The van der Waals surface area contributed by atoms with E-state index >= 15 is 0 Å². The molecule has 0 atom stereocenters. The van der Waals surface area contributed by atoms with Crippen molar-refractivity contribution in [2.24, 2.45) is 0 Å². The summed E-state index contributed by atoms with van der Waals surface area (Å²) in [6, 6.07) is 9.31. The normalized spacial score (nSPS) is 10.3. The van der Waals surface area contributed by atoms with E-state index in [1.54, 1.807) is 27.4 Å². The van der Waals surface area contributed by atoms with Gasteiger partial charge in [0.25, 0.3) is 5.91 Å². The lowest BCUT2D eigenvalue weighted by atomic mass is 10.1. The predicted octanol–water partition coefficient (Wildman–Crippen LogP) is 3.52. The van der Waals surface area contributed by atoms with Crippen molar-refractivity contribution in [2.75, 3.05) is 34.5 Å². The molecule has 1 N–H and O–H groups in total. The van der Waals surface area contributed by atoms with Crippen LogP contribution in [0.25, 0.3) is 0 Å². The molecule has 27 heavy (non-hydrogen) atoms. The summed E-state index contributed by atoms with van der Waals surface area (Å²) in [5.41, 5.74) is 2.07. The summed E-state index contributed by atoms with van der Waals surface area (Å²) >= 11 is 3.51. The van der Waals surface area contributed by atoms with Crippen LogP contribution in [0.3, 0.4) is 0 Å². The molecule has 6 nitrogen and oxygen atoms in total. The van der Waals surface area contributed by atoms with Gasteiger partial charge in [0.1, 0.15) is 0 Å². The van der Waals surface area contributed by atoms with E-state index in [1.165, 1.54) is 0 Å². The van der Waals surface area contributed by atoms with E-state index in [0.29, 0.717) is 36.0 Å². The molecule has 0 spiro atoms. The number of benzene rings is 2. The number of amides is 1. The first-order valence-electron chi connectivity index (χ1n) is 8.43. The van der Waals surface area contributed by atoms with Crippen molar-refractivity contribution >= 4 is 21.8 Å². The van der Waals surface area contributed by atoms with Gasteiger partial charge >= 0.3 is 0 Å². The minimum absolute atomic E-state index is 0.0769. The maximum Gasteiger partial charge on any atom is 0.257 e. The Kier molecular flexibility index (Phi) is 7.79. The Hall–Kier alpha value is -2.41. The Balaban J connectivity index is 1.86. The molecule has 0 saturated heterocycles. The Morgan fingerprint density at radius 1 is 0.963 bits per heavy atom. The lowest BCUT2D eigenvalue weighted by molar-refractivity contribution is -0.123. The Morgan fingerprint density at radius 2 is 1.59 bits per heavy atom. The summed E-state index contributed by atoms with van der Waals surface area (Å²) < 4.78 is 22.3. The van der Waals surface area contributed by atoms with E-state index < -0.39 is 0 Å². The highest BCUT2D eigenvalue weighted by atomic mass is 79.9. The fourth-order valence-corrected chi connectivity index (χ4v) is 3.03. The third-order valence-electron chi connectivity index (χ3n) is 3.95. The number of hydrogen-bond acceptors (Lipinski definition) is 5. The van der Waals surface area contributed by atoms with Crippen molar-refractivity contribution in [1.82, 2.24) is 5.32 Å². The number of aryl methyl sites for hydroxylation is 1. The maximum atomic E-state index is 12.0. The molecule has 0 aromatic heterocycles. The van der Waals surface area contributed by atoms with Crippen LogP contribution in [0.1, 0.15) is 11.1 Å². The molecule has 0 saturated carbocycles. The summed E-state index contributed by atoms with van der Waals surface area (Å²) in [5, 5.41) is 2.85. The van der Waals surface area contributed by atoms with Crippen LogP contribution >= 0.6 is 15.9 Å². The van der Waals surface area contributed by atoms with Gasteiger partial charge in [-0.25, -0.2) is 0 Å². The molecule has 1 amide bonds. The highest BCUT2D eigenvalue weighted by Gasteiger charge is 2.11. The third-order valence-corrected chi connectivity index (χ3v) is 4.69. The Morgan fingerprint density at radius 3 is 2.26 bits per heavy atom. The van der Waals surface area contributed by atoms with Crippen molar-refractivity contribution < 1.29 is 23.7 Å². The van der Waals surface area contributed by atoms with Gasteiger partial charge in [-0.15, -0.1) is 0 Å². The lowest BCUT2D eigenvalue weighted by Crippen LogP contribution is -2.30. The Bertz CT molecular complexity index is 794. The van der Waals surface area contributed by atoms with Gasteiger partial charge in [0.15, 0.2) is 29.6 Å². The second-order valence-corrected chi connectivity index (χ2v) is 6.70. The van der Waals surface area contributed by atoms with Crippen molar-refractivity contribution in [2.45, 2.75) is 13.3 Å². The van der Waals surface area contributed by atoms with Gasteiger partial charge in [0.05, 0.1) is 21.3 Å². The minimum atomic E-state index is -0.200. The number of hydrogen-bond donors (Lipinski definition) is 1. The number of halogens is 1. The highest BCUT2D eigenvalue weighted by molar-refractivity contribution is 9.10. The van der Waals surface area contributed by atoms with E-state index in [1.807, 2.05) is 31.2 Å². The maximum absolute atomic E-state index is 12.0. The predicted molar refractivity (Wildman–Crippen MR) is 107 cm³/mol. The van der Waals surface area contributed by atoms with Crippen LogP contribution in [-0.2, 0) is 11.2 Å². The molecule has 0 bridgehead atoms. The van der Waals surface area contributed by atoms with Crippen LogP contribution in [0.5, 0.6) is 23.0 Å². The zero-order chi connectivity index (χ0) is 19.8. The number of methoxy groups -OCH3 is 3. The number of carbonyl (C=O) groups is 1. The molecule has 0 aliphatic heterocycles. The molecule has 0 unspecified atom stereocenters. The molecule has 2 rings (SSSR count). The molecule has 0 aliphatic rings. The standard InChI is InChI=1S/C20H24BrNO5/c1-13-5-6-16(17(9-13)24-2)27-12-20(23)22-8-7-14-10-18(25-3)19(26-4)11-15(14)21/h5-6,9-11H,7-8,12H2,1-4H3,(H,22,23). The van der Waals surface area contributed by atoms with Crippen LogP contribution in [0, 0.1) is 6.92 Å². The Labute approximate surface area is 167 Å². The molecule has 0 heterocycles. The first-order chi connectivity index (χ1) is 13.0. The third kappa shape index (κ3) is 5.79. The van der Waals surface area contributed by atoms with Crippen molar-refractivity contribution in [1.29, 1.82) is 0 Å². The number of nitrogens with one attached hydrogen (secondary N) is 1. The average molecular weight is 438 g/mol. The molecule has 7 heteroatoms. The topological polar surface area (TPSA) is 66.0 Å². The van der Waals surface area contributed by atoms with Gasteiger partial charge < -0.3 is 24.3 Å².